The molecule has 0 fully saturated rings. The van der Waals surface area contributed by atoms with E-state index in [1.165, 1.54) is 11.7 Å². The summed E-state index contributed by atoms with van der Waals surface area (Å²) in [7, 11) is 1.47. The van der Waals surface area contributed by atoms with Crippen LogP contribution in [0, 0.1) is 41.5 Å². The highest BCUT2D eigenvalue weighted by atomic mass is 19.2. The second-order valence-corrected chi connectivity index (χ2v) is 10.0. The highest BCUT2D eigenvalue weighted by Gasteiger charge is 2.33. The number of halogens is 4. The summed E-state index contributed by atoms with van der Waals surface area (Å²) in [5, 5.41) is 16.3. The number of nitrogens with zero attached hydrogens (tertiary/aromatic N) is 3. The topological polar surface area (TPSA) is 40.6 Å². The van der Waals surface area contributed by atoms with Gasteiger partial charge in [0.1, 0.15) is 11.5 Å². The standard InChI is InChI=1S/C29H22F4N3/c1-14-17-10-15-8-6-7-9-16(15)11-19(17)20(29(2,3)4)12-18(14)28-23-22(21(13-34)35-36(28)5)24(30)26(32)27(33)25(23)31/h6-12H,1-5H3/q+1. The van der Waals surface area contributed by atoms with Gasteiger partial charge in [-0.15, -0.1) is 0 Å². The third kappa shape index (κ3) is 3.32. The molecule has 5 aromatic rings. The highest BCUT2D eigenvalue weighted by molar-refractivity contribution is 6.05. The number of benzene rings is 4. The lowest BCUT2D eigenvalue weighted by atomic mass is 9.80. The van der Waals surface area contributed by atoms with Crippen LogP contribution in [0.5, 0.6) is 0 Å². The van der Waals surface area contributed by atoms with Crippen molar-refractivity contribution < 1.29 is 22.2 Å². The Hall–Kier alpha value is -4.05. The monoisotopic (exact) mass is 488 g/mol. The van der Waals surface area contributed by atoms with E-state index < -0.39 is 39.7 Å². The summed E-state index contributed by atoms with van der Waals surface area (Å²) in [6.45, 7) is 7.97. The molecule has 7 heteroatoms. The molecule has 0 aliphatic carbocycles. The van der Waals surface area contributed by atoms with Crippen molar-refractivity contribution in [1.82, 2.24) is 5.10 Å². The van der Waals surface area contributed by atoms with Crippen LogP contribution in [0.4, 0.5) is 17.6 Å². The lowest BCUT2D eigenvalue weighted by Crippen LogP contribution is -2.37. The van der Waals surface area contributed by atoms with E-state index >= 15 is 4.39 Å². The average Bonchev–Trinajstić information content (AvgIpc) is 2.84. The summed E-state index contributed by atoms with van der Waals surface area (Å²) in [4.78, 5) is 0. The summed E-state index contributed by atoms with van der Waals surface area (Å²) in [6.07, 6.45) is 0. The van der Waals surface area contributed by atoms with Crippen LogP contribution in [0.15, 0.2) is 42.5 Å². The fourth-order valence-corrected chi connectivity index (χ4v) is 4.99. The summed E-state index contributed by atoms with van der Waals surface area (Å²) >= 11 is 0. The molecular weight excluding hydrogens is 466 g/mol. The number of rotatable bonds is 1. The maximum atomic E-state index is 15.3. The number of aryl methyl sites for hydroxylation is 2. The van der Waals surface area contributed by atoms with E-state index in [4.69, 9.17) is 0 Å². The second-order valence-electron chi connectivity index (χ2n) is 10.0. The maximum Gasteiger partial charge on any atom is 0.250 e. The van der Waals surface area contributed by atoms with Crippen molar-refractivity contribution in [3.8, 4) is 17.3 Å². The molecule has 0 saturated heterocycles. The number of aromatic nitrogens is 2. The van der Waals surface area contributed by atoms with Crippen molar-refractivity contribution in [3.63, 3.8) is 0 Å². The van der Waals surface area contributed by atoms with E-state index in [1.54, 1.807) is 6.07 Å². The molecule has 0 saturated carbocycles. The quantitative estimate of drug-likeness (QED) is 0.0833. The fourth-order valence-electron chi connectivity index (χ4n) is 4.99. The van der Waals surface area contributed by atoms with Crippen molar-refractivity contribution >= 4 is 32.3 Å². The molecule has 0 spiro atoms. The normalized spacial score (nSPS) is 12.0. The molecule has 4 aromatic carbocycles. The first-order chi connectivity index (χ1) is 17.0. The molecule has 0 aliphatic rings. The maximum absolute atomic E-state index is 15.3. The zero-order chi connectivity index (χ0) is 26.1. The Morgan fingerprint density at radius 2 is 1.39 bits per heavy atom. The molecule has 36 heavy (non-hydrogen) atoms. The van der Waals surface area contributed by atoms with E-state index in [0.29, 0.717) is 5.56 Å². The summed E-state index contributed by atoms with van der Waals surface area (Å²) in [5.41, 5.74) is 1.32. The first-order valence-electron chi connectivity index (χ1n) is 11.4. The van der Waals surface area contributed by atoms with Crippen molar-refractivity contribution in [2.75, 3.05) is 0 Å². The third-order valence-corrected chi connectivity index (χ3v) is 6.76. The highest BCUT2D eigenvalue weighted by Crippen LogP contribution is 2.41. The molecule has 180 valence electrons. The van der Waals surface area contributed by atoms with Gasteiger partial charge in [-0.2, -0.15) is 5.26 Å². The Kier molecular flexibility index (Phi) is 5.26. The van der Waals surface area contributed by atoms with Crippen LogP contribution < -0.4 is 4.68 Å². The van der Waals surface area contributed by atoms with Gasteiger partial charge < -0.3 is 0 Å². The SMILES string of the molecule is Cc1c(-c2c3c(F)c(F)c(F)c(F)c3c(C#N)n[n+]2C)cc(C(C)(C)C)c2cc3ccccc3cc12. The van der Waals surface area contributed by atoms with Gasteiger partial charge in [-0.1, -0.05) is 49.7 Å². The van der Waals surface area contributed by atoms with E-state index in [-0.39, 0.29) is 11.1 Å². The molecule has 0 bridgehead atoms. The van der Waals surface area contributed by atoms with Gasteiger partial charge in [-0.25, -0.2) is 17.6 Å². The molecular formula is C29H22F4N3+. The van der Waals surface area contributed by atoms with Crippen LogP contribution in [0.25, 0.3) is 43.6 Å². The Balaban J connectivity index is 2.04. The number of fused-ring (bicyclic) bond motifs is 3. The largest absolute Gasteiger partial charge is 0.250 e. The molecule has 1 aromatic heterocycles. The van der Waals surface area contributed by atoms with E-state index in [0.717, 1.165) is 32.7 Å². The van der Waals surface area contributed by atoms with Crippen molar-refractivity contribution in [2.24, 2.45) is 7.05 Å². The molecule has 0 aliphatic heterocycles. The Morgan fingerprint density at radius 1 is 0.833 bits per heavy atom. The minimum absolute atomic E-state index is 0.0531. The summed E-state index contributed by atoms with van der Waals surface area (Å²) in [5.74, 6) is -7.12. The predicted molar refractivity (Wildman–Crippen MR) is 131 cm³/mol. The van der Waals surface area contributed by atoms with Crippen molar-refractivity contribution in [2.45, 2.75) is 33.1 Å². The van der Waals surface area contributed by atoms with E-state index in [1.807, 2.05) is 64.1 Å². The first kappa shape index (κ1) is 23.7. The Morgan fingerprint density at radius 3 is 1.94 bits per heavy atom. The molecule has 5 rings (SSSR count). The van der Waals surface area contributed by atoms with Gasteiger partial charge in [-0.3, -0.25) is 0 Å². The van der Waals surface area contributed by atoms with Crippen LogP contribution in [0.3, 0.4) is 0 Å². The van der Waals surface area contributed by atoms with Crippen molar-refractivity contribution in [3.05, 3.63) is 82.6 Å². The number of hydrogen-bond acceptors (Lipinski definition) is 2. The molecule has 1 heterocycles. The molecule has 0 atom stereocenters. The predicted octanol–water partition coefficient (Wildman–Crippen LogP) is 7.07. The third-order valence-electron chi connectivity index (χ3n) is 6.76. The van der Waals surface area contributed by atoms with Crippen LogP contribution >= 0.6 is 0 Å². The zero-order valence-electron chi connectivity index (χ0n) is 20.4. The van der Waals surface area contributed by atoms with E-state index in [9.17, 15) is 18.4 Å². The zero-order valence-corrected chi connectivity index (χ0v) is 20.4. The fraction of sp³-hybridized carbons (Fsp3) is 0.207. The van der Waals surface area contributed by atoms with Gasteiger partial charge in [0.25, 0.3) is 0 Å². The number of hydrogen-bond donors (Lipinski definition) is 0. The Bertz CT molecular complexity index is 1790. The molecule has 3 nitrogen and oxygen atoms in total. The first-order valence-corrected chi connectivity index (χ1v) is 11.4. The minimum Gasteiger partial charge on any atom is -0.203 e. The van der Waals surface area contributed by atoms with Crippen LogP contribution in [0.2, 0.25) is 0 Å². The minimum atomic E-state index is -1.98. The molecule has 0 unspecified atom stereocenters. The molecule has 0 amide bonds. The van der Waals surface area contributed by atoms with Gasteiger partial charge in [-0.05, 0) is 63.2 Å². The summed E-state index contributed by atoms with van der Waals surface area (Å²) < 4.78 is 60.2. The van der Waals surface area contributed by atoms with Crippen LogP contribution in [0.1, 0.15) is 37.6 Å². The van der Waals surface area contributed by atoms with Crippen LogP contribution in [-0.4, -0.2) is 5.10 Å². The van der Waals surface area contributed by atoms with Gasteiger partial charge in [0.05, 0.1) is 10.9 Å². The molecule has 0 N–H and O–H groups in total. The smallest absolute Gasteiger partial charge is 0.203 e. The number of nitriles is 1. The molecule has 0 radical (unpaired) electrons. The second kappa shape index (κ2) is 7.99. The van der Waals surface area contributed by atoms with Gasteiger partial charge >= 0.3 is 0 Å². The van der Waals surface area contributed by atoms with Crippen LogP contribution in [-0.2, 0) is 12.5 Å². The summed E-state index contributed by atoms with van der Waals surface area (Å²) in [6, 6.07) is 15.6. The lowest BCUT2D eigenvalue weighted by molar-refractivity contribution is -0.719. The van der Waals surface area contributed by atoms with Gasteiger partial charge in [0.2, 0.25) is 11.4 Å². The van der Waals surface area contributed by atoms with Gasteiger partial charge in [0, 0.05) is 5.10 Å². The lowest BCUT2D eigenvalue weighted by Gasteiger charge is -2.24. The van der Waals surface area contributed by atoms with Gasteiger partial charge in [0.15, 0.2) is 30.3 Å². The van der Waals surface area contributed by atoms with Crippen molar-refractivity contribution in [1.29, 1.82) is 5.26 Å². The average molecular weight is 489 g/mol. The van der Waals surface area contributed by atoms with E-state index in [2.05, 4.69) is 11.2 Å². The Labute approximate surface area is 205 Å².